The Balaban J connectivity index is 1.46. The first-order valence-electron chi connectivity index (χ1n) is 8.91. The second-order valence-corrected chi connectivity index (χ2v) is 6.68. The molecule has 0 N–H and O–H groups in total. The van der Waals surface area contributed by atoms with E-state index in [4.69, 9.17) is 9.26 Å². The van der Waals surface area contributed by atoms with Crippen LogP contribution in [0.1, 0.15) is 63.1 Å². The van der Waals surface area contributed by atoms with Gasteiger partial charge in [0.15, 0.2) is 5.82 Å². The summed E-state index contributed by atoms with van der Waals surface area (Å²) in [6, 6.07) is 0. The Hall–Kier alpha value is -1.92. The molecule has 3 rings (SSSR count). The number of rotatable bonds is 7. The minimum atomic E-state index is -0.308. The van der Waals surface area contributed by atoms with Gasteiger partial charge in [0.05, 0.1) is 13.0 Å². The zero-order chi connectivity index (χ0) is 16.9. The molecule has 0 radical (unpaired) electrons. The van der Waals surface area contributed by atoms with Crippen LogP contribution in [0.4, 0.5) is 0 Å². The van der Waals surface area contributed by atoms with Gasteiger partial charge in [-0.05, 0) is 38.5 Å². The molecule has 1 amide bonds. The molecule has 1 saturated heterocycles. The normalized spacial score (nSPS) is 20.9. The molecule has 2 aliphatic rings. The molecule has 7 heteroatoms. The largest absolute Gasteiger partial charge is 0.466 e. The van der Waals surface area contributed by atoms with Crippen molar-refractivity contribution in [1.29, 1.82) is 0 Å². The molecule has 1 aliphatic carbocycles. The molecule has 0 aromatic carbocycles. The molecule has 132 valence electrons. The highest BCUT2D eigenvalue weighted by Crippen LogP contribution is 2.38. The number of piperidine rings is 1. The number of likely N-dealkylation sites (tertiary alicyclic amines) is 1. The minimum absolute atomic E-state index is 0.0250. The van der Waals surface area contributed by atoms with E-state index >= 15 is 0 Å². The highest BCUT2D eigenvalue weighted by atomic mass is 16.5. The summed E-state index contributed by atoms with van der Waals surface area (Å²) in [6.45, 7) is 3.57. The van der Waals surface area contributed by atoms with Gasteiger partial charge in [0.25, 0.3) is 0 Å². The van der Waals surface area contributed by atoms with Crippen LogP contribution in [0.3, 0.4) is 0 Å². The topological polar surface area (TPSA) is 85.5 Å². The first kappa shape index (κ1) is 16.9. The van der Waals surface area contributed by atoms with E-state index in [1.54, 1.807) is 6.92 Å². The molecular formula is C17H25N3O4. The van der Waals surface area contributed by atoms with E-state index in [1.807, 2.05) is 4.90 Å². The van der Waals surface area contributed by atoms with Crippen LogP contribution in [0.5, 0.6) is 0 Å². The van der Waals surface area contributed by atoms with Crippen molar-refractivity contribution < 1.29 is 18.8 Å². The van der Waals surface area contributed by atoms with Crippen LogP contribution < -0.4 is 0 Å². The lowest BCUT2D eigenvalue weighted by Gasteiger charge is -2.32. The summed E-state index contributed by atoms with van der Waals surface area (Å²) in [5.41, 5.74) is 0. The number of nitrogens with zero attached hydrogens (tertiary/aromatic N) is 3. The number of hydrogen-bond donors (Lipinski definition) is 0. The average Bonchev–Trinajstić information content (AvgIpc) is 3.33. The van der Waals surface area contributed by atoms with E-state index in [9.17, 15) is 9.59 Å². The smallest absolute Gasteiger partial charge is 0.306 e. The van der Waals surface area contributed by atoms with Crippen LogP contribution >= 0.6 is 0 Å². The van der Waals surface area contributed by atoms with Gasteiger partial charge in [0.1, 0.15) is 0 Å². The maximum atomic E-state index is 12.3. The van der Waals surface area contributed by atoms with Crippen molar-refractivity contribution in [1.82, 2.24) is 15.0 Å². The van der Waals surface area contributed by atoms with Crippen LogP contribution in [0.2, 0.25) is 0 Å². The van der Waals surface area contributed by atoms with Gasteiger partial charge in [-0.1, -0.05) is 5.16 Å². The number of esters is 1. The van der Waals surface area contributed by atoms with E-state index in [0.717, 1.165) is 44.5 Å². The maximum Gasteiger partial charge on any atom is 0.306 e. The van der Waals surface area contributed by atoms with E-state index in [-0.39, 0.29) is 24.7 Å². The fourth-order valence-electron chi connectivity index (χ4n) is 3.16. The third-order valence-corrected chi connectivity index (χ3v) is 4.61. The zero-order valence-corrected chi connectivity index (χ0v) is 14.2. The molecule has 7 nitrogen and oxygen atoms in total. The number of carbonyl (C=O) groups is 2. The summed E-state index contributed by atoms with van der Waals surface area (Å²) < 4.78 is 10.2. The molecule has 1 atom stereocenters. The monoisotopic (exact) mass is 335 g/mol. The van der Waals surface area contributed by atoms with Crippen LogP contribution in [0.25, 0.3) is 0 Å². The fourth-order valence-corrected chi connectivity index (χ4v) is 3.16. The molecule has 2 heterocycles. The Labute approximate surface area is 141 Å². The van der Waals surface area contributed by atoms with Gasteiger partial charge in [-0.2, -0.15) is 4.98 Å². The van der Waals surface area contributed by atoms with Crippen molar-refractivity contribution in [3.63, 3.8) is 0 Å². The first-order valence-corrected chi connectivity index (χ1v) is 8.91. The summed E-state index contributed by atoms with van der Waals surface area (Å²) in [6.07, 6.45) is 5.44. The molecule has 1 aliphatic heterocycles. The molecule has 1 aromatic rings. The maximum absolute atomic E-state index is 12.3. The average molecular weight is 335 g/mol. The second-order valence-electron chi connectivity index (χ2n) is 6.68. The van der Waals surface area contributed by atoms with E-state index in [0.29, 0.717) is 30.9 Å². The van der Waals surface area contributed by atoms with Crippen LogP contribution in [0, 0.1) is 5.92 Å². The van der Waals surface area contributed by atoms with Gasteiger partial charge in [-0.15, -0.1) is 0 Å². The van der Waals surface area contributed by atoms with Crippen molar-refractivity contribution >= 4 is 11.9 Å². The fraction of sp³-hybridized carbons (Fsp3) is 0.765. The van der Waals surface area contributed by atoms with Crippen molar-refractivity contribution in [2.75, 3.05) is 19.7 Å². The Bertz CT molecular complexity index is 582. The van der Waals surface area contributed by atoms with E-state index < -0.39 is 0 Å². The predicted octanol–water partition coefficient (Wildman–Crippen LogP) is 2.07. The highest BCUT2D eigenvalue weighted by Gasteiger charge is 2.30. The number of carbonyl (C=O) groups excluding carboxylic acids is 2. The number of ether oxygens (including phenoxy) is 1. The van der Waals surface area contributed by atoms with E-state index in [1.165, 1.54) is 0 Å². The molecule has 1 saturated carbocycles. The van der Waals surface area contributed by atoms with Crippen LogP contribution in [-0.2, 0) is 20.7 Å². The van der Waals surface area contributed by atoms with Crippen molar-refractivity contribution in [3.05, 3.63) is 11.7 Å². The lowest BCUT2D eigenvalue weighted by molar-refractivity contribution is -0.146. The molecule has 0 unspecified atom stereocenters. The van der Waals surface area contributed by atoms with Crippen molar-refractivity contribution in [2.24, 2.45) is 5.92 Å². The van der Waals surface area contributed by atoms with E-state index in [2.05, 4.69) is 10.1 Å². The summed E-state index contributed by atoms with van der Waals surface area (Å²) in [7, 11) is 0. The van der Waals surface area contributed by atoms with Gasteiger partial charge >= 0.3 is 5.97 Å². The molecule has 0 bridgehead atoms. The second kappa shape index (κ2) is 7.77. The summed E-state index contributed by atoms with van der Waals surface area (Å²) in [5.74, 6) is 2.08. The molecule has 2 fully saturated rings. The lowest BCUT2D eigenvalue weighted by atomic mass is 9.94. The molecule has 1 aromatic heterocycles. The van der Waals surface area contributed by atoms with Gasteiger partial charge in [-0.3, -0.25) is 9.59 Å². The number of aromatic nitrogens is 2. The highest BCUT2D eigenvalue weighted by molar-refractivity contribution is 5.81. The van der Waals surface area contributed by atoms with Gasteiger partial charge in [-0.25, -0.2) is 0 Å². The summed E-state index contributed by atoms with van der Waals surface area (Å²) in [4.78, 5) is 30.0. The van der Waals surface area contributed by atoms with Crippen LogP contribution in [-0.4, -0.2) is 46.6 Å². The summed E-state index contributed by atoms with van der Waals surface area (Å²) >= 11 is 0. The molecule has 24 heavy (non-hydrogen) atoms. The standard InChI is InChI=1S/C17H25N3O4/c1-2-23-16(22)8-7-15(21)20-9-3-4-12(11-20)10-14-18-17(19-24-14)13-5-6-13/h12-13H,2-11H2,1H3/t12-/m0/s1. The third-order valence-electron chi connectivity index (χ3n) is 4.61. The summed E-state index contributed by atoms with van der Waals surface area (Å²) in [5, 5.41) is 4.05. The predicted molar refractivity (Wildman–Crippen MR) is 85.1 cm³/mol. The number of hydrogen-bond acceptors (Lipinski definition) is 6. The van der Waals surface area contributed by atoms with Crippen molar-refractivity contribution in [3.8, 4) is 0 Å². The first-order chi connectivity index (χ1) is 11.7. The van der Waals surface area contributed by atoms with Gasteiger partial charge < -0.3 is 14.2 Å². The molecular weight excluding hydrogens is 310 g/mol. The third kappa shape index (κ3) is 4.55. The lowest BCUT2D eigenvalue weighted by Crippen LogP contribution is -2.40. The SMILES string of the molecule is CCOC(=O)CCC(=O)N1CCC[C@@H](Cc2nc(C3CC3)no2)C1. The quantitative estimate of drug-likeness (QED) is 0.709. The van der Waals surface area contributed by atoms with Gasteiger partial charge in [0.2, 0.25) is 11.8 Å². The van der Waals surface area contributed by atoms with Crippen molar-refractivity contribution in [2.45, 2.75) is 57.8 Å². The molecule has 0 spiro atoms. The van der Waals surface area contributed by atoms with Gasteiger partial charge in [0, 0.05) is 31.8 Å². The van der Waals surface area contributed by atoms with Crippen LogP contribution in [0.15, 0.2) is 4.52 Å². The Morgan fingerprint density at radius 1 is 1.29 bits per heavy atom. The Morgan fingerprint density at radius 3 is 2.88 bits per heavy atom. The Morgan fingerprint density at radius 2 is 2.12 bits per heavy atom. The number of amides is 1. The zero-order valence-electron chi connectivity index (χ0n) is 14.2. The minimum Gasteiger partial charge on any atom is -0.466 e. The Kier molecular flexibility index (Phi) is 5.48.